The van der Waals surface area contributed by atoms with Gasteiger partial charge in [0.15, 0.2) is 9.79 Å². The van der Waals surface area contributed by atoms with Gasteiger partial charge in [-0.25, -0.2) is 26.3 Å². The highest BCUT2D eigenvalue weighted by Crippen LogP contribution is 2.23. The molecule has 1 heterocycles. The summed E-state index contributed by atoms with van der Waals surface area (Å²) in [4.78, 5) is 24.1. The summed E-state index contributed by atoms with van der Waals surface area (Å²) in [5.41, 5.74) is -0.0412. The lowest BCUT2D eigenvalue weighted by Gasteiger charge is -2.09. The Morgan fingerprint density at radius 2 is 1.03 bits per heavy atom. The average Bonchev–Trinajstić information content (AvgIpc) is 2.84. The first-order valence-corrected chi connectivity index (χ1v) is 13.4. The van der Waals surface area contributed by atoms with E-state index in [-0.39, 0.29) is 25.9 Å². The highest BCUT2D eigenvalue weighted by Gasteiger charge is 2.25. The van der Waals surface area contributed by atoms with Crippen molar-refractivity contribution in [2.24, 2.45) is 0 Å². The summed E-state index contributed by atoms with van der Waals surface area (Å²) in [6.07, 6.45) is 0.352. The van der Waals surface area contributed by atoms with Crippen LogP contribution in [-0.2, 0) is 32.9 Å². The molecule has 0 saturated heterocycles. The normalized spacial score (nSPS) is 11.8. The van der Waals surface area contributed by atoms with Crippen molar-refractivity contribution >= 4 is 31.4 Å². The van der Waals surface area contributed by atoms with Gasteiger partial charge in [-0.1, -0.05) is 30.3 Å². The molecule has 2 aromatic carbocycles. The summed E-state index contributed by atoms with van der Waals surface area (Å²) < 4.78 is 54.6. The van der Waals surface area contributed by atoms with Gasteiger partial charge in [-0.2, -0.15) is 0 Å². The number of hydrogen-bond acceptors (Lipinski definition) is 9. The summed E-state index contributed by atoms with van der Waals surface area (Å²) in [6.45, 7) is -0.149. The molecule has 13 nitrogen and oxygen atoms in total. The lowest BCUT2D eigenvalue weighted by atomic mass is 10.2. The van der Waals surface area contributed by atoms with Gasteiger partial charge in [0.2, 0.25) is 20.0 Å². The van der Waals surface area contributed by atoms with Crippen LogP contribution in [0.4, 0.5) is 11.4 Å². The van der Waals surface area contributed by atoms with Gasteiger partial charge in [-0.15, -0.1) is 0 Å². The van der Waals surface area contributed by atoms with Crippen molar-refractivity contribution in [3.8, 4) is 0 Å². The Hall–Kier alpha value is -3.79. The van der Waals surface area contributed by atoms with E-state index in [1.807, 2.05) is 0 Å². The maximum absolute atomic E-state index is 12.5. The molecule has 0 atom stereocenters. The molecular formula is C21H21N5O8S2. The standard InChI is InChI=1S/C21H21N5O8S2/c27-25(28)18-8-1-3-10-20(18)35(31,32)22-14-12-16-6-5-7-17(24-16)13-15-23-36(33,34)21-11-4-2-9-19(21)26(29)30/h1-11,22-23H,12-15H2. The molecule has 3 rings (SSSR count). The highest BCUT2D eigenvalue weighted by atomic mass is 32.2. The first kappa shape index (κ1) is 26.8. The molecule has 1 aromatic heterocycles. The third-order valence-electron chi connectivity index (χ3n) is 4.91. The van der Waals surface area contributed by atoms with Gasteiger partial charge in [0.05, 0.1) is 9.85 Å². The van der Waals surface area contributed by atoms with Crippen molar-refractivity contribution in [2.75, 3.05) is 13.1 Å². The maximum atomic E-state index is 12.5. The Bertz CT molecular complexity index is 1380. The number of pyridine rings is 1. The summed E-state index contributed by atoms with van der Waals surface area (Å²) >= 11 is 0. The number of benzene rings is 2. The Morgan fingerprint density at radius 3 is 1.42 bits per heavy atom. The van der Waals surface area contributed by atoms with Crippen molar-refractivity contribution in [3.63, 3.8) is 0 Å². The van der Waals surface area contributed by atoms with Crippen LogP contribution in [0, 0.1) is 20.2 Å². The van der Waals surface area contributed by atoms with E-state index in [1.54, 1.807) is 18.2 Å². The molecule has 190 valence electrons. The largest absolute Gasteiger partial charge is 0.289 e. The fourth-order valence-electron chi connectivity index (χ4n) is 3.26. The maximum Gasteiger partial charge on any atom is 0.289 e. The third kappa shape index (κ3) is 6.66. The first-order valence-electron chi connectivity index (χ1n) is 10.4. The molecule has 0 aliphatic carbocycles. The molecule has 0 saturated carbocycles. The molecule has 0 radical (unpaired) electrons. The zero-order valence-corrected chi connectivity index (χ0v) is 20.2. The number of nitro groups is 2. The summed E-state index contributed by atoms with van der Waals surface area (Å²) in [7, 11) is -8.25. The van der Waals surface area contributed by atoms with Gasteiger partial charge in [-0.3, -0.25) is 25.2 Å². The number of para-hydroxylation sites is 2. The van der Waals surface area contributed by atoms with Crippen LogP contribution in [0.25, 0.3) is 0 Å². The van der Waals surface area contributed by atoms with E-state index in [2.05, 4.69) is 14.4 Å². The van der Waals surface area contributed by atoms with Gasteiger partial charge in [0.1, 0.15) is 0 Å². The Balaban J connectivity index is 1.59. The predicted octanol–water partition coefficient (Wildman–Crippen LogP) is 1.94. The second-order valence-electron chi connectivity index (χ2n) is 7.37. The van der Waals surface area contributed by atoms with Gasteiger partial charge in [-0.05, 0) is 24.3 Å². The van der Waals surface area contributed by atoms with E-state index < -0.39 is 51.1 Å². The van der Waals surface area contributed by atoms with E-state index in [0.717, 1.165) is 24.3 Å². The van der Waals surface area contributed by atoms with Crippen molar-refractivity contribution in [2.45, 2.75) is 22.6 Å². The Morgan fingerprint density at radius 1 is 0.639 bits per heavy atom. The summed E-state index contributed by atoms with van der Waals surface area (Å²) in [6, 6.07) is 15.0. The first-order chi connectivity index (χ1) is 17.0. The molecule has 0 unspecified atom stereocenters. The molecular weight excluding hydrogens is 514 g/mol. The van der Waals surface area contributed by atoms with E-state index >= 15 is 0 Å². The summed E-state index contributed by atoms with van der Waals surface area (Å²) in [5, 5.41) is 22.2. The molecule has 2 N–H and O–H groups in total. The zero-order valence-electron chi connectivity index (χ0n) is 18.6. The van der Waals surface area contributed by atoms with Crippen LogP contribution in [0.5, 0.6) is 0 Å². The zero-order chi connectivity index (χ0) is 26.3. The van der Waals surface area contributed by atoms with Crippen LogP contribution < -0.4 is 9.44 Å². The number of aromatic nitrogens is 1. The number of hydrogen-bond donors (Lipinski definition) is 2. The Labute approximate surface area is 206 Å². The second-order valence-corrected chi connectivity index (χ2v) is 10.8. The molecule has 0 aliphatic heterocycles. The number of nitrogens with zero attached hydrogens (tertiary/aromatic N) is 3. The van der Waals surface area contributed by atoms with Crippen LogP contribution in [0.15, 0.2) is 76.5 Å². The van der Waals surface area contributed by atoms with Gasteiger partial charge >= 0.3 is 0 Å². The lowest BCUT2D eigenvalue weighted by Crippen LogP contribution is -2.27. The number of rotatable bonds is 12. The predicted molar refractivity (Wildman–Crippen MR) is 128 cm³/mol. The van der Waals surface area contributed by atoms with Gasteiger partial charge < -0.3 is 0 Å². The SMILES string of the molecule is O=[N+]([O-])c1ccccc1S(=O)(=O)NCCc1cccc(CCNS(=O)(=O)c2ccccc2[N+](=O)[O-])n1. The fraction of sp³-hybridized carbons (Fsp3) is 0.190. The van der Waals surface area contributed by atoms with Crippen LogP contribution in [0.1, 0.15) is 11.4 Å². The number of nitro benzene ring substituents is 2. The number of nitrogens with one attached hydrogen (secondary N) is 2. The average molecular weight is 536 g/mol. The van der Waals surface area contributed by atoms with Crippen molar-refractivity contribution in [1.29, 1.82) is 0 Å². The molecule has 36 heavy (non-hydrogen) atoms. The van der Waals surface area contributed by atoms with Crippen LogP contribution in [-0.4, -0.2) is 44.8 Å². The third-order valence-corrected chi connectivity index (χ3v) is 7.93. The second kappa shape index (κ2) is 11.3. The van der Waals surface area contributed by atoms with Gasteiger partial charge in [0, 0.05) is 49.5 Å². The summed E-state index contributed by atoms with van der Waals surface area (Å²) in [5.74, 6) is 0. The smallest absolute Gasteiger partial charge is 0.258 e. The van der Waals surface area contributed by atoms with E-state index in [9.17, 15) is 37.1 Å². The molecule has 0 bridgehead atoms. The van der Waals surface area contributed by atoms with Crippen LogP contribution >= 0.6 is 0 Å². The lowest BCUT2D eigenvalue weighted by molar-refractivity contribution is -0.388. The number of sulfonamides is 2. The van der Waals surface area contributed by atoms with Crippen molar-refractivity contribution < 1.29 is 26.7 Å². The van der Waals surface area contributed by atoms with Crippen molar-refractivity contribution in [3.05, 3.63) is 98.3 Å². The van der Waals surface area contributed by atoms with Gasteiger partial charge in [0.25, 0.3) is 11.4 Å². The highest BCUT2D eigenvalue weighted by molar-refractivity contribution is 7.90. The molecule has 0 aliphatic rings. The van der Waals surface area contributed by atoms with Crippen LogP contribution in [0.2, 0.25) is 0 Å². The quantitative estimate of drug-likeness (QED) is 0.258. The van der Waals surface area contributed by atoms with E-state index in [0.29, 0.717) is 11.4 Å². The van der Waals surface area contributed by atoms with Crippen molar-refractivity contribution in [1.82, 2.24) is 14.4 Å². The molecule has 0 spiro atoms. The minimum atomic E-state index is -4.13. The fourth-order valence-corrected chi connectivity index (χ4v) is 5.66. The Kier molecular flexibility index (Phi) is 8.41. The molecule has 15 heteroatoms. The minimum absolute atomic E-state index is 0.0743. The van der Waals surface area contributed by atoms with E-state index in [1.165, 1.54) is 24.3 Å². The molecule has 0 fully saturated rings. The topological polar surface area (TPSA) is 192 Å². The van der Waals surface area contributed by atoms with Crippen LogP contribution in [0.3, 0.4) is 0 Å². The minimum Gasteiger partial charge on any atom is -0.258 e. The monoisotopic (exact) mass is 535 g/mol. The van der Waals surface area contributed by atoms with E-state index in [4.69, 9.17) is 0 Å². The molecule has 0 amide bonds. The molecule has 3 aromatic rings.